The number of para-hydroxylation sites is 1. The van der Waals surface area contributed by atoms with Gasteiger partial charge in [-0.05, 0) is 75.6 Å². The van der Waals surface area contributed by atoms with Crippen LogP contribution in [0.1, 0.15) is 0 Å². The molecule has 0 aliphatic heterocycles. The summed E-state index contributed by atoms with van der Waals surface area (Å²) in [5, 5.41) is 9.74. The molecule has 8 aromatic carbocycles. The largest absolute Gasteiger partial charge is 0.455 e. The normalized spacial score (nSPS) is 11.8. The second-order valence-electron chi connectivity index (χ2n) is 12.1. The molecule has 2 aromatic heterocycles. The van der Waals surface area contributed by atoms with Gasteiger partial charge in [-0.3, -0.25) is 0 Å². The molecule has 0 saturated carbocycles. The molecule has 0 aliphatic rings. The first-order valence-electron chi connectivity index (χ1n) is 15.9. The van der Waals surface area contributed by atoms with Crippen LogP contribution in [0.3, 0.4) is 0 Å². The summed E-state index contributed by atoms with van der Waals surface area (Å²) in [7, 11) is 0. The molecule has 0 unspecified atom stereocenters. The van der Waals surface area contributed by atoms with E-state index in [-0.39, 0.29) is 0 Å². The Labute approximate surface area is 275 Å². The van der Waals surface area contributed by atoms with Crippen LogP contribution in [0.5, 0.6) is 0 Å². The summed E-state index contributed by atoms with van der Waals surface area (Å²) < 4.78 is 9.30. The van der Waals surface area contributed by atoms with E-state index in [4.69, 9.17) is 4.42 Å². The summed E-state index contributed by atoms with van der Waals surface area (Å²) in [5.41, 5.74) is 7.36. The van der Waals surface area contributed by atoms with Crippen LogP contribution in [0.2, 0.25) is 0 Å². The Kier molecular flexibility index (Phi) is 5.78. The average molecular weight is 618 g/mol. The molecule has 0 N–H and O–H groups in total. The van der Waals surface area contributed by atoms with Gasteiger partial charge in [0.2, 0.25) is 0 Å². The number of furan rings is 1. The number of thiophene rings is 1. The van der Waals surface area contributed by atoms with Gasteiger partial charge in [-0.1, -0.05) is 115 Å². The third-order valence-corrected chi connectivity index (χ3v) is 10.6. The summed E-state index contributed by atoms with van der Waals surface area (Å²) in [6.45, 7) is 0. The van der Waals surface area contributed by atoms with Gasteiger partial charge in [-0.15, -0.1) is 11.3 Å². The van der Waals surface area contributed by atoms with Gasteiger partial charge in [-0.25, -0.2) is 0 Å². The number of hydrogen-bond acceptors (Lipinski definition) is 3. The van der Waals surface area contributed by atoms with E-state index in [0.717, 1.165) is 50.1 Å². The van der Waals surface area contributed by atoms with Crippen molar-refractivity contribution in [3.8, 4) is 11.1 Å². The number of hydrogen-bond donors (Lipinski definition) is 0. The number of benzene rings is 8. The number of nitrogens with zero attached hydrogens (tertiary/aromatic N) is 1. The van der Waals surface area contributed by atoms with Crippen LogP contribution in [-0.2, 0) is 0 Å². The highest BCUT2D eigenvalue weighted by Crippen LogP contribution is 2.50. The maximum atomic E-state index is 6.74. The standard InChI is InChI=1S/C44H27NOS/c1-2-11-28(12-3-1)34-25-26-38(43-35-15-6-8-18-39(35)46-44(34)43)45(37-17-10-20-41-42(37)36-16-7-9-19-40(36)47-41)31-23-24-33-30(27-31)22-21-29-13-4-5-14-32(29)33/h1-27H. The molecular formula is C44H27NOS. The van der Waals surface area contributed by atoms with Crippen molar-refractivity contribution in [2.45, 2.75) is 0 Å². The van der Waals surface area contributed by atoms with Crippen LogP contribution >= 0.6 is 11.3 Å². The van der Waals surface area contributed by atoms with Crippen molar-refractivity contribution in [1.29, 1.82) is 0 Å². The molecule has 2 heterocycles. The summed E-state index contributed by atoms with van der Waals surface area (Å²) in [5.74, 6) is 0. The minimum Gasteiger partial charge on any atom is -0.455 e. The van der Waals surface area contributed by atoms with Gasteiger partial charge in [-0.2, -0.15) is 0 Å². The Morgan fingerprint density at radius 1 is 0.447 bits per heavy atom. The lowest BCUT2D eigenvalue weighted by atomic mass is 9.98. The van der Waals surface area contributed by atoms with E-state index in [1.807, 2.05) is 11.3 Å². The zero-order valence-electron chi connectivity index (χ0n) is 25.4. The van der Waals surface area contributed by atoms with E-state index in [1.165, 1.54) is 41.7 Å². The second kappa shape index (κ2) is 10.3. The molecule has 3 heteroatoms. The highest BCUT2D eigenvalue weighted by Gasteiger charge is 2.24. The van der Waals surface area contributed by atoms with Crippen LogP contribution in [0.25, 0.3) is 74.8 Å². The minimum absolute atomic E-state index is 0.885. The highest BCUT2D eigenvalue weighted by atomic mass is 32.1. The fourth-order valence-electron chi connectivity index (χ4n) is 7.33. The third-order valence-electron chi connectivity index (χ3n) is 9.44. The zero-order valence-corrected chi connectivity index (χ0v) is 26.2. The van der Waals surface area contributed by atoms with Crippen molar-refractivity contribution in [3.05, 3.63) is 164 Å². The number of fused-ring (bicyclic) bond motifs is 9. The molecule has 0 bridgehead atoms. The van der Waals surface area contributed by atoms with Crippen molar-refractivity contribution < 1.29 is 4.42 Å². The van der Waals surface area contributed by atoms with E-state index in [0.29, 0.717) is 0 Å². The summed E-state index contributed by atoms with van der Waals surface area (Å²) in [6, 6.07) is 59.0. The molecule has 47 heavy (non-hydrogen) atoms. The molecule has 10 rings (SSSR count). The van der Waals surface area contributed by atoms with Crippen LogP contribution in [0.4, 0.5) is 17.1 Å². The van der Waals surface area contributed by atoms with Crippen molar-refractivity contribution >= 4 is 92.1 Å². The fourth-order valence-corrected chi connectivity index (χ4v) is 8.46. The fraction of sp³-hybridized carbons (Fsp3) is 0. The van der Waals surface area contributed by atoms with Gasteiger partial charge in [0.25, 0.3) is 0 Å². The summed E-state index contributed by atoms with van der Waals surface area (Å²) in [4.78, 5) is 2.45. The Morgan fingerprint density at radius 2 is 1.15 bits per heavy atom. The molecule has 0 radical (unpaired) electrons. The van der Waals surface area contributed by atoms with Gasteiger partial charge < -0.3 is 9.32 Å². The van der Waals surface area contributed by atoms with E-state index in [2.05, 4.69) is 169 Å². The predicted octanol–water partition coefficient (Wildman–Crippen LogP) is 13.4. The summed E-state index contributed by atoms with van der Waals surface area (Å²) in [6.07, 6.45) is 0. The number of anilines is 3. The van der Waals surface area contributed by atoms with Gasteiger partial charge in [0.05, 0.1) is 16.8 Å². The Bertz CT molecular complexity index is 2810. The molecule has 220 valence electrons. The highest BCUT2D eigenvalue weighted by molar-refractivity contribution is 7.26. The van der Waals surface area contributed by atoms with Crippen molar-refractivity contribution in [2.75, 3.05) is 4.90 Å². The van der Waals surface area contributed by atoms with Crippen molar-refractivity contribution in [3.63, 3.8) is 0 Å². The van der Waals surface area contributed by atoms with Crippen LogP contribution < -0.4 is 4.90 Å². The molecule has 0 aliphatic carbocycles. The molecule has 2 nitrogen and oxygen atoms in total. The summed E-state index contributed by atoms with van der Waals surface area (Å²) >= 11 is 1.85. The number of rotatable bonds is 4. The van der Waals surface area contributed by atoms with Gasteiger partial charge in [0, 0.05) is 36.8 Å². The maximum Gasteiger partial charge on any atom is 0.145 e. The van der Waals surface area contributed by atoms with E-state index in [9.17, 15) is 0 Å². The second-order valence-corrected chi connectivity index (χ2v) is 13.2. The SMILES string of the molecule is c1ccc(-c2ccc(N(c3ccc4c(ccc5ccccc54)c3)c3cccc4sc5ccccc5c34)c3c2oc2ccccc23)cc1. The first-order valence-corrected chi connectivity index (χ1v) is 16.7. The maximum absolute atomic E-state index is 6.74. The predicted molar refractivity (Wildman–Crippen MR) is 202 cm³/mol. The molecule has 0 amide bonds. The molecular weight excluding hydrogens is 591 g/mol. The topological polar surface area (TPSA) is 16.4 Å². The van der Waals surface area contributed by atoms with Crippen molar-refractivity contribution in [1.82, 2.24) is 0 Å². The van der Waals surface area contributed by atoms with Crippen LogP contribution in [0, 0.1) is 0 Å². The molecule has 0 spiro atoms. The smallest absolute Gasteiger partial charge is 0.145 e. The minimum atomic E-state index is 0.885. The van der Waals surface area contributed by atoms with E-state index in [1.54, 1.807) is 0 Å². The average Bonchev–Trinajstić information content (AvgIpc) is 3.72. The van der Waals surface area contributed by atoms with Crippen LogP contribution in [0.15, 0.2) is 168 Å². The quantitative estimate of drug-likeness (QED) is 0.183. The van der Waals surface area contributed by atoms with E-state index < -0.39 is 0 Å². The lowest BCUT2D eigenvalue weighted by molar-refractivity contribution is 0.670. The molecule has 0 fully saturated rings. The Morgan fingerprint density at radius 3 is 2.06 bits per heavy atom. The third kappa shape index (κ3) is 4.04. The molecule has 0 saturated heterocycles. The van der Waals surface area contributed by atoms with Gasteiger partial charge in [0.1, 0.15) is 11.2 Å². The first kappa shape index (κ1) is 26.3. The van der Waals surface area contributed by atoms with Gasteiger partial charge >= 0.3 is 0 Å². The first-order chi connectivity index (χ1) is 23.3. The lowest BCUT2D eigenvalue weighted by Gasteiger charge is -2.28. The van der Waals surface area contributed by atoms with Gasteiger partial charge in [0.15, 0.2) is 0 Å². The van der Waals surface area contributed by atoms with E-state index >= 15 is 0 Å². The zero-order chi connectivity index (χ0) is 30.9. The molecule has 0 atom stereocenters. The Hall–Kier alpha value is -5.90. The monoisotopic (exact) mass is 617 g/mol. The lowest BCUT2D eigenvalue weighted by Crippen LogP contribution is -2.11. The molecule has 10 aromatic rings. The van der Waals surface area contributed by atoms with Crippen molar-refractivity contribution in [2.24, 2.45) is 0 Å². The van der Waals surface area contributed by atoms with Crippen LogP contribution in [-0.4, -0.2) is 0 Å². The Balaban J connectivity index is 1.33.